The van der Waals surface area contributed by atoms with E-state index < -0.39 is 0 Å². The topological polar surface area (TPSA) is 64.4 Å². The lowest BCUT2D eigenvalue weighted by Crippen LogP contribution is -2.52. The molecule has 0 aromatic carbocycles. The van der Waals surface area contributed by atoms with Gasteiger partial charge in [-0.05, 0) is 63.2 Å². The quantitative estimate of drug-likeness (QED) is 0.822. The van der Waals surface area contributed by atoms with Gasteiger partial charge in [-0.1, -0.05) is 6.42 Å². The minimum atomic E-state index is 0.206. The summed E-state index contributed by atoms with van der Waals surface area (Å²) in [5.41, 5.74) is 6.35. The second-order valence-corrected chi connectivity index (χ2v) is 8.10. The summed E-state index contributed by atoms with van der Waals surface area (Å²) in [7, 11) is 0. The van der Waals surface area contributed by atoms with E-state index in [2.05, 4.69) is 5.32 Å². The van der Waals surface area contributed by atoms with Crippen molar-refractivity contribution in [2.75, 3.05) is 6.61 Å². The Morgan fingerprint density at radius 2 is 1.73 bits per heavy atom. The number of ether oxygens (including phenoxy) is 1. The van der Waals surface area contributed by atoms with Gasteiger partial charge in [0.1, 0.15) is 0 Å². The molecule has 5 atom stereocenters. The Morgan fingerprint density at radius 1 is 1.00 bits per heavy atom. The van der Waals surface area contributed by atoms with Crippen LogP contribution in [0.4, 0.5) is 0 Å². The van der Waals surface area contributed by atoms with Crippen molar-refractivity contribution in [3.63, 3.8) is 0 Å². The van der Waals surface area contributed by atoms with Crippen LogP contribution in [0.3, 0.4) is 0 Å². The average Bonchev–Trinajstić information content (AvgIpc) is 2.96. The van der Waals surface area contributed by atoms with E-state index >= 15 is 0 Å². The maximum absolute atomic E-state index is 12.8. The third-order valence-electron chi connectivity index (χ3n) is 6.89. The summed E-state index contributed by atoms with van der Waals surface area (Å²) in [5.74, 6) is 2.23. The number of rotatable bonds is 2. The molecule has 4 nitrogen and oxygen atoms in total. The van der Waals surface area contributed by atoms with Gasteiger partial charge in [-0.15, -0.1) is 0 Å². The summed E-state index contributed by atoms with van der Waals surface area (Å²) in [6.07, 6.45) is 10.8. The van der Waals surface area contributed by atoms with E-state index in [4.69, 9.17) is 10.5 Å². The lowest BCUT2D eigenvalue weighted by Gasteiger charge is -2.44. The van der Waals surface area contributed by atoms with Crippen LogP contribution < -0.4 is 11.1 Å². The van der Waals surface area contributed by atoms with E-state index in [1.54, 1.807) is 0 Å². The highest BCUT2D eigenvalue weighted by Crippen LogP contribution is 2.42. The molecule has 3 N–H and O–H groups in total. The maximum atomic E-state index is 12.8. The number of hydrogen-bond donors (Lipinski definition) is 2. The molecule has 0 radical (unpaired) electrons. The third-order valence-corrected chi connectivity index (χ3v) is 6.89. The van der Waals surface area contributed by atoms with Gasteiger partial charge in [0.15, 0.2) is 0 Å². The molecule has 0 aromatic rings. The van der Waals surface area contributed by atoms with Gasteiger partial charge in [0, 0.05) is 30.5 Å². The fourth-order valence-corrected chi connectivity index (χ4v) is 5.66. The molecule has 4 aliphatic rings. The smallest absolute Gasteiger partial charge is 0.223 e. The number of fused-ring (bicyclic) bond motifs is 3. The Hall–Kier alpha value is -0.610. The van der Waals surface area contributed by atoms with Crippen LogP contribution in [0.1, 0.15) is 57.8 Å². The van der Waals surface area contributed by atoms with Gasteiger partial charge >= 0.3 is 0 Å². The minimum Gasteiger partial charge on any atom is -0.378 e. The zero-order valence-electron chi connectivity index (χ0n) is 13.5. The molecule has 3 saturated carbocycles. The summed E-state index contributed by atoms with van der Waals surface area (Å²) < 4.78 is 5.82. The van der Waals surface area contributed by atoms with Crippen LogP contribution in [-0.2, 0) is 9.53 Å². The zero-order valence-corrected chi connectivity index (χ0v) is 13.5. The van der Waals surface area contributed by atoms with Gasteiger partial charge in [-0.25, -0.2) is 0 Å². The molecule has 22 heavy (non-hydrogen) atoms. The molecule has 3 aliphatic carbocycles. The first-order valence-electron chi connectivity index (χ1n) is 9.40. The van der Waals surface area contributed by atoms with Gasteiger partial charge in [0.25, 0.3) is 0 Å². The molecular weight excluding hydrogens is 276 g/mol. The maximum Gasteiger partial charge on any atom is 0.223 e. The van der Waals surface area contributed by atoms with Crippen LogP contribution in [-0.4, -0.2) is 30.7 Å². The van der Waals surface area contributed by atoms with Crippen LogP contribution in [0.2, 0.25) is 0 Å². The molecule has 0 spiro atoms. The van der Waals surface area contributed by atoms with Crippen LogP contribution >= 0.6 is 0 Å². The predicted octanol–water partition coefficient (Wildman–Crippen LogP) is 2.21. The molecule has 4 rings (SSSR count). The average molecular weight is 306 g/mol. The highest BCUT2D eigenvalue weighted by atomic mass is 16.5. The second-order valence-electron chi connectivity index (χ2n) is 8.10. The summed E-state index contributed by atoms with van der Waals surface area (Å²) in [4.78, 5) is 12.8. The van der Waals surface area contributed by atoms with Crippen molar-refractivity contribution in [3.05, 3.63) is 0 Å². The predicted molar refractivity (Wildman–Crippen MR) is 85.2 cm³/mol. The summed E-state index contributed by atoms with van der Waals surface area (Å²) in [6.45, 7) is 0.879. The van der Waals surface area contributed by atoms with Crippen molar-refractivity contribution in [1.29, 1.82) is 0 Å². The third kappa shape index (κ3) is 2.69. The lowest BCUT2D eigenvalue weighted by molar-refractivity contribution is -0.129. The molecule has 1 aliphatic heterocycles. The minimum absolute atomic E-state index is 0.206. The zero-order chi connectivity index (χ0) is 15.1. The number of carbonyl (C=O) groups is 1. The largest absolute Gasteiger partial charge is 0.378 e. The first kappa shape index (κ1) is 14.9. The van der Waals surface area contributed by atoms with Gasteiger partial charge in [0.05, 0.1) is 6.10 Å². The van der Waals surface area contributed by atoms with E-state index in [1.165, 1.54) is 32.1 Å². The monoisotopic (exact) mass is 306 g/mol. The molecule has 5 unspecified atom stereocenters. The number of nitrogens with two attached hydrogens (primary N) is 1. The van der Waals surface area contributed by atoms with E-state index in [9.17, 15) is 4.79 Å². The lowest BCUT2D eigenvalue weighted by atomic mass is 9.65. The number of hydrogen-bond acceptors (Lipinski definition) is 3. The fourth-order valence-electron chi connectivity index (χ4n) is 5.66. The van der Waals surface area contributed by atoms with Crippen molar-refractivity contribution >= 4 is 5.91 Å². The number of carbonyl (C=O) groups excluding carboxylic acids is 1. The van der Waals surface area contributed by atoms with Crippen molar-refractivity contribution < 1.29 is 9.53 Å². The standard InChI is InChI=1S/C18H30N2O2/c19-17-11-3-1-4-12(17)10-13(9-11)18(21)20-15-5-2-6-16-14(15)7-8-22-16/h11-17H,1-10,19H2,(H,20,21). The summed E-state index contributed by atoms with van der Waals surface area (Å²) in [5, 5.41) is 3.40. The first-order valence-corrected chi connectivity index (χ1v) is 9.40. The highest BCUT2D eigenvalue weighted by molar-refractivity contribution is 5.79. The molecule has 4 heteroatoms. The molecule has 0 aromatic heterocycles. The molecule has 1 saturated heterocycles. The van der Waals surface area contributed by atoms with Gasteiger partial charge < -0.3 is 15.8 Å². The van der Waals surface area contributed by atoms with E-state index in [1.807, 2.05) is 0 Å². The van der Waals surface area contributed by atoms with Crippen LogP contribution in [0, 0.1) is 23.7 Å². The fraction of sp³-hybridized carbons (Fsp3) is 0.944. The van der Waals surface area contributed by atoms with E-state index in [-0.39, 0.29) is 5.92 Å². The molecule has 124 valence electrons. The molecule has 4 fully saturated rings. The molecule has 1 amide bonds. The van der Waals surface area contributed by atoms with Crippen LogP contribution in [0.25, 0.3) is 0 Å². The van der Waals surface area contributed by atoms with E-state index in [0.29, 0.717) is 41.8 Å². The second kappa shape index (κ2) is 6.12. The summed E-state index contributed by atoms with van der Waals surface area (Å²) in [6, 6.07) is 0.698. The van der Waals surface area contributed by atoms with Gasteiger partial charge in [-0.2, -0.15) is 0 Å². The van der Waals surface area contributed by atoms with Crippen molar-refractivity contribution in [3.8, 4) is 0 Å². The first-order chi connectivity index (χ1) is 10.7. The van der Waals surface area contributed by atoms with Crippen LogP contribution in [0.5, 0.6) is 0 Å². The SMILES string of the molecule is NC1C2CCCC1CC(C(=O)NC1CCCC3OCCC13)C2. The van der Waals surface area contributed by atoms with Crippen molar-refractivity contribution in [2.45, 2.75) is 76.0 Å². The Labute approximate surface area is 133 Å². The Bertz CT molecular complexity index is 413. The Morgan fingerprint density at radius 3 is 2.50 bits per heavy atom. The van der Waals surface area contributed by atoms with Crippen molar-refractivity contribution in [2.24, 2.45) is 29.4 Å². The van der Waals surface area contributed by atoms with Crippen LogP contribution in [0.15, 0.2) is 0 Å². The molecule has 2 bridgehead atoms. The Kier molecular flexibility index (Phi) is 4.16. The molecular formula is C18H30N2O2. The summed E-state index contributed by atoms with van der Waals surface area (Å²) >= 11 is 0. The Balaban J connectivity index is 1.38. The van der Waals surface area contributed by atoms with Gasteiger partial charge in [0.2, 0.25) is 5.91 Å². The van der Waals surface area contributed by atoms with Crippen molar-refractivity contribution in [1.82, 2.24) is 5.32 Å². The normalized spacial score (nSPS) is 47.8. The van der Waals surface area contributed by atoms with E-state index in [0.717, 1.165) is 32.3 Å². The molecule has 1 heterocycles. The number of nitrogens with one attached hydrogen (secondary N) is 1. The number of amides is 1. The van der Waals surface area contributed by atoms with Gasteiger partial charge in [-0.3, -0.25) is 4.79 Å². The highest BCUT2D eigenvalue weighted by Gasteiger charge is 2.43.